The number of alkyl halides is 2. The van der Waals surface area contributed by atoms with Crippen LogP contribution in [0.25, 0.3) is 0 Å². The standard InChI is InChI=1S/C6H5F2IN2/c7-6(8)5-4(9)1-3(10)2-11-5/h1-2,6H,10H2. The van der Waals surface area contributed by atoms with Crippen LogP contribution in [0.2, 0.25) is 0 Å². The molecule has 0 unspecified atom stereocenters. The lowest BCUT2D eigenvalue weighted by Crippen LogP contribution is -1.96. The van der Waals surface area contributed by atoms with Crippen LogP contribution < -0.4 is 5.73 Å². The Labute approximate surface area is 75.9 Å². The number of nitrogens with zero attached hydrogens (tertiary/aromatic N) is 1. The Morgan fingerprint density at radius 3 is 2.64 bits per heavy atom. The zero-order valence-corrected chi connectivity index (χ0v) is 7.55. The van der Waals surface area contributed by atoms with E-state index in [1.54, 1.807) is 22.6 Å². The highest BCUT2D eigenvalue weighted by Gasteiger charge is 2.12. The monoisotopic (exact) mass is 270 g/mol. The molecule has 0 amide bonds. The Morgan fingerprint density at radius 1 is 1.55 bits per heavy atom. The first-order valence-electron chi connectivity index (χ1n) is 2.80. The molecule has 0 bridgehead atoms. The molecule has 60 valence electrons. The Bertz CT molecular complexity index is 265. The smallest absolute Gasteiger partial charge is 0.281 e. The van der Waals surface area contributed by atoms with Crippen LogP contribution in [0.1, 0.15) is 12.1 Å². The van der Waals surface area contributed by atoms with Gasteiger partial charge in [0.05, 0.1) is 11.9 Å². The van der Waals surface area contributed by atoms with Crippen LogP contribution in [0.5, 0.6) is 0 Å². The molecule has 0 aromatic carbocycles. The minimum Gasteiger partial charge on any atom is -0.397 e. The summed E-state index contributed by atoms with van der Waals surface area (Å²) in [6.07, 6.45) is -1.30. The maximum absolute atomic E-state index is 12.1. The van der Waals surface area contributed by atoms with E-state index >= 15 is 0 Å². The summed E-state index contributed by atoms with van der Waals surface area (Å²) in [5, 5.41) is 0. The van der Waals surface area contributed by atoms with E-state index < -0.39 is 6.43 Å². The van der Waals surface area contributed by atoms with Gasteiger partial charge in [-0.25, -0.2) is 8.78 Å². The molecule has 0 atom stereocenters. The molecule has 0 fully saturated rings. The SMILES string of the molecule is Nc1cnc(C(F)F)c(I)c1. The van der Waals surface area contributed by atoms with Crippen molar-refractivity contribution in [3.8, 4) is 0 Å². The maximum Gasteiger partial charge on any atom is 0.281 e. The van der Waals surface area contributed by atoms with Crippen LogP contribution in [-0.4, -0.2) is 4.98 Å². The molecule has 5 heteroatoms. The molecule has 0 saturated carbocycles. The quantitative estimate of drug-likeness (QED) is 0.794. The van der Waals surface area contributed by atoms with Crippen molar-refractivity contribution in [3.05, 3.63) is 21.5 Å². The molecule has 0 aliphatic rings. The number of hydrogen-bond acceptors (Lipinski definition) is 2. The number of pyridine rings is 1. The summed E-state index contributed by atoms with van der Waals surface area (Å²) < 4.78 is 24.5. The van der Waals surface area contributed by atoms with Crippen molar-refractivity contribution >= 4 is 28.3 Å². The largest absolute Gasteiger partial charge is 0.397 e. The number of hydrogen-bond donors (Lipinski definition) is 1. The van der Waals surface area contributed by atoms with Gasteiger partial charge in [-0.3, -0.25) is 4.98 Å². The van der Waals surface area contributed by atoms with Crippen LogP contribution in [0.3, 0.4) is 0 Å². The highest BCUT2D eigenvalue weighted by atomic mass is 127. The van der Waals surface area contributed by atoms with Crippen molar-refractivity contribution in [2.45, 2.75) is 6.43 Å². The topological polar surface area (TPSA) is 38.9 Å². The van der Waals surface area contributed by atoms with Crippen molar-refractivity contribution in [2.75, 3.05) is 5.73 Å². The zero-order chi connectivity index (χ0) is 8.43. The molecule has 0 saturated heterocycles. The molecular weight excluding hydrogens is 265 g/mol. The second-order valence-electron chi connectivity index (χ2n) is 1.94. The molecule has 0 spiro atoms. The van der Waals surface area contributed by atoms with E-state index in [0.29, 0.717) is 9.26 Å². The van der Waals surface area contributed by atoms with Crippen LogP contribution >= 0.6 is 22.6 Å². The van der Waals surface area contributed by atoms with Gasteiger partial charge in [0.2, 0.25) is 0 Å². The molecule has 0 aliphatic carbocycles. The van der Waals surface area contributed by atoms with Crippen LogP contribution in [0.4, 0.5) is 14.5 Å². The lowest BCUT2D eigenvalue weighted by Gasteiger charge is -2.01. The first-order valence-corrected chi connectivity index (χ1v) is 3.88. The van der Waals surface area contributed by atoms with Gasteiger partial charge >= 0.3 is 0 Å². The van der Waals surface area contributed by atoms with Crippen LogP contribution in [-0.2, 0) is 0 Å². The Balaban J connectivity index is 3.09. The lowest BCUT2D eigenvalue weighted by atomic mass is 10.3. The molecule has 1 rings (SSSR count). The van der Waals surface area contributed by atoms with E-state index in [2.05, 4.69) is 4.98 Å². The summed E-state index contributed by atoms with van der Waals surface area (Å²) >= 11 is 1.78. The first kappa shape index (κ1) is 8.63. The van der Waals surface area contributed by atoms with E-state index in [-0.39, 0.29) is 5.69 Å². The number of rotatable bonds is 1. The van der Waals surface area contributed by atoms with Gasteiger partial charge in [-0.1, -0.05) is 0 Å². The second-order valence-corrected chi connectivity index (χ2v) is 3.10. The van der Waals surface area contributed by atoms with Gasteiger partial charge in [-0.05, 0) is 28.7 Å². The Hall–Kier alpha value is -0.460. The molecule has 0 radical (unpaired) electrons. The fourth-order valence-corrected chi connectivity index (χ4v) is 1.36. The molecule has 1 aromatic rings. The van der Waals surface area contributed by atoms with Gasteiger partial charge in [-0.2, -0.15) is 0 Å². The normalized spacial score (nSPS) is 10.5. The number of nitrogens with two attached hydrogens (primary N) is 1. The van der Waals surface area contributed by atoms with Gasteiger partial charge in [0, 0.05) is 3.57 Å². The highest BCUT2D eigenvalue weighted by Crippen LogP contribution is 2.22. The molecular formula is C6H5F2IN2. The van der Waals surface area contributed by atoms with Gasteiger partial charge in [0.15, 0.2) is 0 Å². The molecule has 2 nitrogen and oxygen atoms in total. The van der Waals surface area contributed by atoms with Gasteiger partial charge in [0.25, 0.3) is 6.43 Å². The third-order valence-corrected chi connectivity index (χ3v) is 1.96. The first-order chi connectivity index (χ1) is 5.11. The van der Waals surface area contributed by atoms with Gasteiger partial charge < -0.3 is 5.73 Å². The summed E-state index contributed by atoms with van der Waals surface area (Å²) in [4.78, 5) is 3.49. The maximum atomic E-state index is 12.1. The fourth-order valence-electron chi connectivity index (χ4n) is 0.624. The summed E-state index contributed by atoms with van der Waals surface area (Å²) in [5.41, 5.74) is 5.51. The molecule has 1 heterocycles. The zero-order valence-electron chi connectivity index (χ0n) is 5.39. The predicted molar refractivity (Wildman–Crippen MR) is 46.3 cm³/mol. The molecule has 2 N–H and O–H groups in total. The number of anilines is 1. The Kier molecular flexibility index (Phi) is 2.58. The molecule has 0 aliphatic heterocycles. The minimum absolute atomic E-state index is 0.209. The van der Waals surface area contributed by atoms with Crippen molar-refractivity contribution < 1.29 is 8.78 Å². The van der Waals surface area contributed by atoms with E-state index in [1.165, 1.54) is 12.3 Å². The van der Waals surface area contributed by atoms with Crippen molar-refractivity contribution in [1.82, 2.24) is 4.98 Å². The third kappa shape index (κ3) is 1.98. The number of aromatic nitrogens is 1. The van der Waals surface area contributed by atoms with Crippen molar-refractivity contribution in [2.24, 2.45) is 0 Å². The van der Waals surface area contributed by atoms with Crippen molar-refractivity contribution in [1.29, 1.82) is 0 Å². The molecule has 1 aromatic heterocycles. The average Bonchev–Trinajstić information content (AvgIpc) is 1.85. The van der Waals surface area contributed by atoms with Crippen LogP contribution in [0, 0.1) is 3.57 Å². The van der Waals surface area contributed by atoms with Crippen LogP contribution in [0.15, 0.2) is 12.3 Å². The molecule has 11 heavy (non-hydrogen) atoms. The summed E-state index contributed by atoms with van der Waals surface area (Å²) in [6, 6.07) is 1.47. The lowest BCUT2D eigenvalue weighted by molar-refractivity contribution is 0.145. The highest BCUT2D eigenvalue weighted by molar-refractivity contribution is 14.1. The summed E-state index contributed by atoms with van der Waals surface area (Å²) in [7, 11) is 0. The van der Waals surface area contributed by atoms with E-state index in [1.807, 2.05) is 0 Å². The number of halogens is 3. The van der Waals surface area contributed by atoms with E-state index in [0.717, 1.165) is 0 Å². The fraction of sp³-hybridized carbons (Fsp3) is 0.167. The average molecular weight is 270 g/mol. The van der Waals surface area contributed by atoms with E-state index in [9.17, 15) is 8.78 Å². The minimum atomic E-state index is -2.53. The van der Waals surface area contributed by atoms with Gasteiger partial charge in [0.1, 0.15) is 5.69 Å². The van der Waals surface area contributed by atoms with E-state index in [4.69, 9.17) is 5.73 Å². The predicted octanol–water partition coefficient (Wildman–Crippen LogP) is 2.21. The van der Waals surface area contributed by atoms with Gasteiger partial charge in [-0.15, -0.1) is 0 Å². The second kappa shape index (κ2) is 3.29. The van der Waals surface area contributed by atoms with Crippen molar-refractivity contribution in [3.63, 3.8) is 0 Å². The Morgan fingerprint density at radius 2 is 2.18 bits per heavy atom. The third-order valence-electron chi connectivity index (χ3n) is 1.10. The number of nitrogen functional groups attached to an aromatic ring is 1. The summed E-state index contributed by atoms with van der Waals surface area (Å²) in [6.45, 7) is 0. The summed E-state index contributed by atoms with van der Waals surface area (Å²) in [5.74, 6) is 0.